The molecule has 0 aliphatic carbocycles. The molecule has 0 aliphatic heterocycles. The SMILES string of the molecule is CCOC(=O)NS(=O)(=O)Nc1cc(N)ccc1F. The van der Waals surface area contributed by atoms with Crippen LogP contribution in [-0.4, -0.2) is 21.1 Å². The van der Waals surface area contributed by atoms with Crippen molar-refractivity contribution in [1.29, 1.82) is 0 Å². The molecule has 100 valence electrons. The Bertz CT molecular complexity index is 547. The van der Waals surface area contributed by atoms with Crippen molar-refractivity contribution in [1.82, 2.24) is 4.72 Å². The molecular formula is C9H12FN3O4S. The van der Waals surface area contributed by atoms with Crippen LogP contribution in [0.25, 0.3) is 0 Å². The number of carbonyl (C=O) groups is 1. The van der Waals surface area contributed by atoms with E-state index in [1.165, 1.54) is 13.0 Å². The highest BCUT2D eigenvalue weighted by molar-refractivity contribution is 7.91. The second-order valence-corrected chi connectivity index (χ2v) is 4.58. The van der Waals surface area contributed by atoms with E-state index in [0.29, 0.717) is 0 Å². The molecule has 0 aromatic heterocycles. The number of hydrogen-bond acceptors (Lipinski definition) is 5. The molecule has 7 nitrogen and oxygen atoms in total. The van der Waals surface area contributed by atoms with Gasteiger partial charge in [-0.05, 0) is 25.1 Å². The van der Waals surface area contributed by atoms with Crippen molar-refractivity contribution in [3.8, 4) is 0 Å². The number of rotatable bonds is 4. The zero-order chi connectivity index (χ0) is 13.8. The second-order valence-electron chi connectivity index (χ2n) is 3.17. The van der Waals surface area contributed by atoms with Gasteiger partial charge in [-0.1, -0.05) is 0 Å². The summed E-state index contributed by atoms with van der Waals surface area (Å²) in [6, 6.07) is 3.35. The molecular weight excluding hydrogens is 265 g/mol. The molecule has 9 heteroatoms. The zero-order valence-electron chi connectivity index (χ0n) is 9.44. The third-order valence-corrected chi connectivity index (χ3v) is 2.65. The van der Waals surface area contributed by atoms with Crippen molar-refractivity contribution >= 4 is 27.7 Å². The maximum atomic E-state index is 13.3. The summed E-state index contributed by atoms with van der Waals surface area (Å²) in [7, 11) is -4.27. The van der Waals surface area contributed by atoms with Gasteiger partial charge in [-0.15, -0.1) is 0 Å². The van der Waals surface area contributed by atoms with Gasteiger partial charge in [-0.25, -0.2) is 13.9 Å². The first kappa shape index (κ1) is 14.0. The number of nitrogen functional groups attached to an aromatic ring is 1. The molecule has 0 bridgehead atoms. The quantitative estimate of drug-likeness (QED) is 0.705. The first-order valence-electron chi connectivity index (χ1n) is 4.86. The number of nitrogens with two attached hydrogens (primary N) is 1. The summed E-state index contributed by atoms with van der Waals surface area (Å²) < 4.78 is 43.8. The van der Waals surface area contributed by atoms with E-state index in [9.17, 15) is 17.6 Å². The van der Waals surface area contributed by atoms with E-state index in [2.05, 4.69) is 4.74 Å². The Morgan fingerprint density at radius 2 is 2.17 bits per heavy atom. The summed E-state index contributed by atoms with van der Waals surface area (Å²) in [5.41, 5.74) is 5.18. The smallest absolute Gasteiger partial charge is 0.422 e. The van der Waals surface area contributed by atoms with Crippen molar-refractivity contribution in [2.24, 2.45) is 0 Å². The first-order valence-corrected chi connectivity index (χ1v) is 6.34. The fourth-order valence-electron chi connectivity index (χ4n) is 1.06. The standard InChI is InChI=1S/C9H12FN3O4S/c1-2-17-9(14)13-18(15,16)12-8-5-6(11)3-4-7(8)10/h3-5,12H,2,11H2,1H3,(H,13,14). The minimum atomic E-state index is -4.27. The summed E-state index contributed by atoms with van der Waals surface area (Å²) in [5.74, 6) is -0.821. The topological polar surface area (TPSA) is 111 Å². The lowest BCUT2D eigenvalue weighted by molar-refractivity contribution is 0.159. The third-order valence-electron chi connectivity index (χ3n) is 1.73. The lowest BCUT2D eigenvalue weighted by atomic mass is 10.3. The molecule has 0 atom stereocenters. The van der Waals surface area contributed by atoms with Crippen molar-refractivity contribution in [2.75, 3.05) is 17.1 Å². The van der Waals surface area contributed by atoms with E-state index in [1.54, 1.807) is 4.72 Å². The summed E-state index contributed by atoms with van der Waals surface area (Å²) in [6.07, 6.45) is -1.16. The van der Waals surface area contributed by atoms with Gasteiger partial charge in [-0.2, -0.15) is 8.42 Å². The Morgan fingerprint density at radius 3 is 2.78 bits per heavy atom. The third kappa shape index (κ3) is 4.09. The molecule has 0 unspecified atom stereocenters. The van der Waals surface area contributed by atoms with Crippen LogP contribution < -0.4 is 15.2 Å². The second kappa shape index (κ2) is 5.54. The van der Waals surface area contributed by atoms with Gasteiger partial charge in [0.25, 0.3) is 0 Å². The van der Waals surface area contributed by atoms with E-state index in [-0.39, 0.29) is 18.0 Å². The normalized spacial score (nSPS) is 10.8. The maximum Gasteiger partial charge on any atom is 0.422 e. The van der Waals surface area contributed by atoms with Gasteiger partial charge in [0, 0.05) is 5.69 Å². The highest BCUT2D eigenvalue weighted by Gasteiger charge is 2.16. The summed E-state index contributed by atoms with van der Waals surface area (Å²) in [5, 5.41) is 0. The molecule has 0 saturated heterocycles. The lowest BCUT2D eigenvalue weighted by Crippen LogP contribution is -2.35. The number of anilines is 2. The van der Waals surface area contributed by atoms with Gasteiger partial charge in [0.2, 0.25) is 0 Å². The van der Waals surface area contributed by atoms with Crippen LogP contribution in [-0.2, 0) is 14.9 Å². The van der Waals surface area contributed by atoms with Crippen molar-refractivity contribution in [3.05, 3.63) is 24.0 Å². The van der Waals surface area contributed by atoms with Crippen LogP contribution in [0.3, 0.4) is 0 Å². The lowest BCUT2D eigenvalue weighted by Gasteiger charge is -2.10. The molecule has 0 fully saturated rings. The van der Waals surface area contributed by atoms with Crippen molar-refractivity contribution in [2.45, 2.75) is 6.92 Å². The summed E-state index contributed by atoms with van der Waals surface area (Å²) in [4.78, 5) is 10.9. The fraction of sp³-hybridized carbons (Fsp3) is 0.222. The van der Waals surface area contributed by atoms with E-state index in [4.69, 9.17) is 5.73 Å². The van der Waals surface area contributed by atoms with Gasteiger partial charge in [-0.3, -0.25) is 4.72 Å². The average molecular weight is 277 g/mol. The number of ether oxygens (including phenoxy) is 1. The molecule has 1 rings (SSSR count). The monoisotopic (exact) mass is 277 g/mol. The molecule has 18 heavy (non-hydrogen) atoms. The predicted molar refractivity (Wildman–Crippen MR) is 63.5 cm³/mol. The Balaban J connectivity index is 2.82. The van der Waals surface area contributed by atoms with E-state index >= 15 is 0 Å². The first-order chi connectivity index (χ1) is 8.34. The highest BCUT2D eigenvalue weighted by Crippen LogP contribution is 2.18. The van der Waals surface area contributed by atoms with Crippen LogP contribution in [0.2, 0.25) is 0 Å². The number of carbonyl (C=O) groups excluding carboxylic acids is 1. The van der Waals surface area contributed by atoms with Gasteiger partial charge in [0.1, 0.15) is 5.82 Å². The van der Waals surface area contributed by atoms with E-state index in [0.717, 1.165) is 12.1 Å². The number of amides is 1. The van der Waals surface area contributed by atoms with Gasteiger partial charge in [0.05, 0.1) is 12.3 Å². The van der Waals surface area contributed by atoms with Crippen LogP contribution in [0.15, 0.2) is 18.2 Å². The Morgan fingerprint density at radius 1 is 1.50 bits per heavy atom. The van der Waals surface area contributed by atoms with Gasteiger partial charge in [0.15, 0.2) is 0 Å². The van der Waals surface area contributed by atoms with Crippen LogP contribution in [0.4, 0.5) is 20.6 Å². The summed E-state index contributed by atoms with van der Waals surface area (Å²) >= 11 is 0. The highest BCUT2D eigenvalue weighted by atomic mass is 32.2. The Hall–Kier alpha value is -2.03. The molecule has 0 radical (unpaired) electrons. The minimum absolute atomic E-state index is 0.00794. The number of halogens is 1. The van der Waals surface area contributed by atoms with Crippen molar-refractivity contribution in [3.63, 3.8) is 0 Å². The number of hydrogen-bond donors (Lipinski definition) is 3. The molecule has 0 heterocycles. The van der Waals surface area contributed by atoms with Crippen molar-refractivity contribution < 1.29 is 22.3 Å². The zero-order valence-corrected chi connectivity index (χ0v) is 10.3. The van der Waals surface area contributed by atoms with Crippen LogP contribution in [0.1, 0.15) is 6.92 Å². The molecule has 1 aromatic carbocycles. The van der Waals surface area contributed by atoms with Crippen LogP contribution in [0.5, 0.6) is 0 Å². The summed E-state index contributed by atoms with van der Waals surface area (Å²) in [6.45, 7) is 1.52. The maximum absolute atomic E-state index is 13.3. The number of benzene rings is 1. The van der Waals surface area contributed by atoms with Crippen LogP contribution in [0, 0.1) is 5.82 Å². The van der Waals surface area contributed by atoms with E-state index < -0.39 is 22.1 Å². The Labute approximate surface area is 103 Å². The predicted octanol–water partition coefficient (Wildman–Crippen LogP) is 0.811. The van der Waals surface area contributed by atoms with E-state index in [1.807, 2.05) is 4.72 Å². The van der Waals surface area contributed by atoms with Gasteiger partial charge < -0.3 is 10.5 Å². The minimum Gasteiger partial charge on any atom is -0.449 e. The number of nitrogens with one attached hydrogen (secondary N) is 2. The molecule has 0 spiro atoms. The molecule has 4 N–H and O–H groups in total. The molecule has 0 saturated carbocycles. The average Bonchev–Trinajstić information content (AvgIpc) is 2.22. The molecule has 1 aromatic rings. The van der Waals surface area contributed by atoms with Gasteiger partial charge >= 0.3 is 16.3 Å². The Kier molecular flexibility index (Phi) is 4.32. The largest absolute Gasteiger partial charge is 0.449 e. The molecule has 0 aliphatic rings. The molecule has 1 amide bonds. The fourth-order valence-corrected chi connectivity index (χ4v) is 1.84. The van der Waals surface area contributed by atoms with Crippen LogP contribution >= 0.6 is 0 Å².